The lowest BCUT2D eigenvalue weighted by atomic mass is 9.96. The summed E-state index contributed by atoms with van der Waals surface area (Å²) in [7, 11) is 4.79. The molecule has 3 aromatic rings. The Bertz CT molecular complexity index is 1090. The largest absolute Gasteiger partial charge is 0.497 e. The van der Waals surface area contributed by atoms with E-state index in [-0.39, 0.29) is 11.8 Å². The molecule has 2 heterocycles. The number of carbonyl (C=O) groups excluding carboxylic acids is 1. The summed E-state index contributed by atoms with van der Waals surface area (Å²) in [5.41, 5.74) is 1.53. The molecule has 1 N–H and O–H groups in total. The van der Waals surface area contributed by atoms with Gasteiger partial charge in [0.15, 0.2) is 11.5 Å². The number of aromatic nitrogens is 2. The Morgan fingerprint density at radius 1 is 1.06 bits per heavy atom. The molecule has 0 atom stereocenters. The van der Waals surface area contributed by atoms with E-state index in [1.54, 1.807) is 21.3 Å². The zero-order valence-corrected chi connectivity index (χ0v) is 19.0. The Balaban J connectivity index is 1.30. The van der Waals surface area contributed by atoms with Crippen molar-refractivity contribution in [3.8, 4) is 28.6 Å². The summed E-state index contributed by atoms with van der Waals surface area (Å²) in [4.78, 5) is 19.4. The van der Waals surface area contributed by atoms with Crippen LogP contribution in [0.15, 0.2) is 47.0 Å². The molecule has 0 bridgehead atoms. The number of nitrogens with one attached hydrogen (secondary N) is 1. The molecule has 9 nitrogen and oxygen atoms in total. The Morgan fingerprint density at radius 3 is 2.58 bits per heavy atom. The highest BCUT2D eigenvalue weighted by molar-refractivity contribution is 5.92. The Hall–Kier alpha value is -3.59. The average Bonchev–Trinajstić information content (AvgIpc) is 3.32. The lowest BCUT2D eigenvalue weighted by molar-refractivity contribution is -0.121. The second-order valence-corrected chi connectivity index (χ2v) is 7.85. The summed E-state index contributed by atoms with van der Waals surface area (Å²) in [6.07, 6.45) is 1.54. The number of piperidine rings is 1. The first-order chi connectivity index (χ1) is 16.1. The van der Waals surface area contributed by atoms with Gasteiger partial charge in [-0.1, -0.05) is 11.2 Å². The van der Waals surface area contributed by atoms with Crippen LogP contribution in [0.3, 0.4) is 0 Å². The van der Waals surface area contributed by atoms with E-state index in [2.05, 4.69) is 20.4 Å². The number of methoxy groups -OCH3 is 3. The van der Waals surface area contributed by atoms with Gasteiger partial charge in [0.1, 0.15) is 5.75 Å². The minimum absolute atomic E-state index is 0.0301. The predicted octanol–water partition coefficient (Wildman–Crippen LogP) is 3.61. The van der Waals surface area contributed by atoms with Crippen molar-refractivity contribution >= 4 is 11.6 Å². The number of anilines is 1. The van der Waals surface area contributed by atoms with Gasteiger partial charge in [0.2, 0.25) is 17.6 Å². The molecule has 33 heavy (non-hydrogen) atoms. The first kappa shape index (κ1) is 22.6. The third-order valence-corrected chi connectivity index (χ3v) is 5.76. The second kappa shape index (κ2) is 10.4. The van der Waals surface area contributed by atoms with Crippen LogP contribution in [0.4, 0.5) is 5.69 Å². The highest BCUT2D eigenvalue weighted by Gasteiger charge is 2.26. The molecule has 0 spiro atoms. The molecular formula is C24H28N4O5. The Labute approximate surface area is 192 Å². The van der Waals surface area contributed by atoms with Gasteiger partial charge in [-0.2, -0.15) is 4.98 Å². The number of nitrogens with zero attached hydrogens (tertiary/aromatic N) is 3. The monoisotopic (exact) mass is 452 g/mol. The zero-order valence-electron chi connectivity index (χ0n) is 19.0. The van der Waals surface area contributed by atoms with Crippen LogP contribution in [0, 0.1) is 5.92 Å². The molecule has 1 saturated heterocycles. The van der Waals surface area contributed by atoms with Crippen molar-refractivity contribution in [3.05, 3.63) is 48.4 Å². The quantitative estimate of drug-likeness (QED) is 0.553. The lowest BCUT2D eigenvalue weighted by Crippen LogP contribution is -2.37. The summed E-state index contributed by atoms with van der Waals surface area (Å²) in [6, 6.07) is 12.9. The molecule has 1 amide bonds. The molecule has 0 unspecified atom stereocenters. The number of hydrogen-bond acceptors (Lipinski definition) is 8. The van der Waals surface area contributed by atoms with Crippen molar-refractivity contribution in [1.29, 1.82) is 0 Å². The molecule has 1 aliphatic heterocycles. The molecule has 9 heteroatoms. The molecule has 1 fully saturated rings. The van der Waals surface area contributed by atoms with E-state index >= 15 is 0 Å². The smallest absolute Gasteiger partial charge is 0.241 e. The van der Waals surface area contributed by atoms with Gasteiger partial charge in [0.05, 0.1) is 27.9 Å². The van der Waals surface area contributed by atoms with Crippen molar-refractivity contribution in [2.75, 3.05) is 39.7 Å². The third kappa shape index (κ3) is 5.43. The number of amides is 1. The summed E-state index contributed by atoms with van der Waals surface area (Å²) >= 11 is 0. The van der Waals surface area contributed by atoms with Gasteiger partial charge in [-0.05, 0) is 56.3 Å². The van der Waals surface area contributed by atoms with E-state index in [9.17, 15) is 4.79 Å². The van der Waals surface area contributed by atoms with Gasteiger partial charge in [0, 0.05) is 23.2 Å². The fraction of sp³-hybridized carbons (Fsp3) is 0.375. The molecule has 4 rings (SSSR count). The Morgan fingerprint density at radius 2 is 1.85 bits per heavy atom. The number of ether oxygens (including phenoxy) is 3. The van der Waals surface area contributed by atoms with E-state index in [0.29, 0.717) is 29.8 Å². The molecule has 0 saturated carbocycles. The fourth-order valence-corrected chi connectivity index (χ4v) is 3.90. The molecule has 174 valence electrons. The van der Waals surface area contributed by atoms with Crippen LogP contribution in [0.1, 0.15) is 18.7 Å². The van der Waals surface area contributed by atoms with E-state index in [0.717, 1.165) is 42.9 Å². The van der Waals surface area contributed by atoms with Crippen molar-refractivity contribution < 1.29 is 23.5 Å². The van der Waals surface area contributed by atoms with Gasteiger partial charge < -0.3 is 24.1 Å². The van der Waals surface area contributed by atoms with Crippen molar-refractivity contribution in [3.63, 3.8) is 0 Å². The number of rotatable bonds is 8. The average molecular weight is 453 g/mol. The minimum Gasteiger partial charge on any atom is -0.497 e. The van der Waals surface area contributed by atoms with Crippen LogP contribution in [0.2, 0.25) is 0 Å². The molecule has 0 aliphatic carbocycles. The normalized spacial score (nSPS) is 14.6. The van der Waals surface area contributed by atoms with Gasteiger partial charge in [-0.3, -0.25) is 9.69 Å². The van der Waals surface area contributed by atoms with Crippen molar-refractivity contribution in [2.24, 2.45) is 5.92 Å². The number of likely N-dealkylation sites (tertiary alicyclic amines) is 1. The summed E-state index contributed by atoms with van der Waals surface area (Å²) in [6.45, 7) is 2.11. The molecule has 1 aliphatic rings. The standard InChI is InChI=1S/C24H28N4O5/c1-30-19-6-4-5-18(14-19)25-24(29)16-9-11-28(12-10-16)15-22-26-23(27-33-22)17-7-8-20(31-2)21(13-17)32-3/h4-8,13-14,16H,9-12,15H2,1-3H3,(H,25,29). The third-order valence-electron chi connectivity index (χ3n) is 5.76. The maximum absolute atomic E-state index is 12.7. The molecule has 1 aromatic heterocycles. The Kier molecular flexibility index (Phi) is 7.09. The van der Waals surface area contributed by atoms with Gasteiger partial charge in [0.25, 0.3) is 0 Å². The van der Waals surface area contributed by atoms with Gasteiger partial charge >= 0.3 is 0 Å². The molecule has 0 radical (unpaired) electrons. The summed E-state index contributed by atoms with van der Waals surface area (Å²) in [5, 5.41) is 7.10. The number of hydrogen-bond donors (Lipinski definition) is 1. The highest BCUT2D eigenvalue weighted by atomic mass is 16.5. The highest BCUT2D eigenvalue weighted by Crippen LogP contribution is 2.31. The zero-order chi connectivity index (χ0) is 23.2. The fourth-order valence-electron chi connectivity index (χ4n) is 3.90. The maximum atomic E-state index is 12.7. The van der Waals surface area contributed by atoms with E-state index in [1.807, 2.05) is 42.5 Å². The molecule has 2 aromatic carbocycles. The van der Waals surface area contributed by atoms with E-state index in [4.69, 9.17) is 18.7 Å². The van der Waals surface area contributed by atoms with Gasteiger partial charge in [-0.15, -0.1) is 0 Å². The SMILES string of the molecule is COc1cccc(NC(=O)C2CCN(Cc3nc(-c4ccc(OC)c(OC)c4)no3)CC2)c1. The summed E-state index contributed by atoms with van der Waals surface area (Å²) in [5.74, 6) is 3.01. The lowest BCUT2D eigenvalue weighted by Gasteiger charge is -2.30. The van der Waals surface area contributed by atoms with Crippen LogP contribution < -0.4 is 19.5 Å². The number of benzene rings is 2. The van der Waals surface area contributed by atoms with E-state index in [1.165, 1.54) is 0 Å². The maximum Gasteiger partial charge on any atom is 0.241 e. The second-order valence-electron chi connectivity index (χ2n) is 7.85. The van der Waals surface area contributed by atoms with Crippen molar-refractivity contribution in [1.82, 2.24) is 15.0 Å². The molecular weight excluding hydrogens is 424 g/mol. The first-order valence-corrected chi connectivity index (χ1v) is 10.8. The van der Waals surface area contributed by atoms with E-state index < -0.39 is 0 Å². The van der Waals surface area contributed by atoms with Crippen molar-refractivity contribution in [2.45, 2.75) is 19.4 Å². The number of carbonyl (C=O) groups is 1. The topological polar surface area (TPSA) is 99.0 Å². The summed E-state index contributed by atoms with van der Waals surface area (Å²) < 4.78 is 21.3. The minimum atomic E-state index is -0.0301. The van der Waals surface area contributed by atoms with Crippen LogP contribution in [-0.2, 0) is 11.3 Å². The van der Waals surface area contributed by atoms with Crippen LogP contribution in [0.5, 0.6) is 17.2 Å². The predicted molar refractivity (Wildman–Crippen MR) is 122 cm³/mol. The van der Waals surface area contributed by atoms with Crippen LogP contribution in [0.25, 0.3) is 11.4 Å². The first-order valence-electron chi connectivity index (χ1n) is 10.8. The van der Waals surface area contributed by atoms with Crippen LogP contribution >= 0.6 is 0 Å². The van der Waals surface area contributed by atoms with Crippen LogP contribution in [-0.4, -0.2) is 55.4 Å². The van der Waals surface area contributed by atoms with Gasteiger partial charge in [-0.25, -0.2) is 0 Å².